The second-order valence-electron chi connectivity index (χ2n) is 10.3. The molecule has 1 aliphatic carbocycles. The van der Waals surface area contributed by atoms with E-state index in [0.29, 0.717) is 18.9 Å². The normalized spacial score (nSPS) is 13.1. The summed E-state index contributed by atoms with van der Waals surface area (Å²) in [5, 5.41) is 9.26. The fraction of sp³-hybridized carbons (Fsp3) is 0.353. The molecule has 0 unspecified atom stereocenters. The average molecular weight is 508 g/mol. The zero-order valence-electron chi connectivity index (χ0n) is 22.3. The summed E-state index contributed by atoms with van der Waals surface area (Å²) in [5.41, 5.74) is 5.21. The van der Waals surface area contributed by atoms with Crippen LogP contribution in [0.1, 0.15) is 90.9 Å². The molecule has 4 heteroatoms. The van der Waals surface area contributed by atoms with Crippen LogP contribution in [-0.2, 0) is 17.8 Å². The van der Waals surface area contributed by atoms with Gasteiger partial charge in [-0.05, 0) is 84.8 Å². The van der Waals surface area contributed by atoms with E-state index in [1.165, 1.54) is 44.1 Å². The topological polar surface area (TPSA) is 57.6 Å². The number of unbranched alkanes of at least 4 members (excludes halogenated alkanes) is 1. The van der Waals surface area contributed by atoms with E-state index in [4.69, 9.17) is 0 Å². The molecule has 1 N–H and O–H groups in total. The Kier molecular flexibility index (Phi) is 9.76. The lowest BCUT2D eigenvalue weighted by Crippen LogP contribution is -2.30. The maximum Gasteiger partial charge on any atom is 0.335 e. The Morgan fingerprint density at radius 3 is 1.97 bits per heavy atom. The highest BCUT2D eigenvalue weighted by molar-refractivity contribution is 5.94. The molecular weight excluding hydrogens is 470 g/mol. The van der Waals surface area contributed by atoms with Gasteiger partial charge in [0.25, 0.3) is 0 Å². The molecule has 3 aromatic rings. The monoisotopic (exact) mass is 507 g/mol. The first-order valence-electron chi connectivity index (χ1n) is 13.9. The first-order valence-corrected chi connectivity index (χ1v) is 13.9. The van der Waals surface area contributed by atoms with Crippen molar-refractivity contribution in [1.29, 1.82) is 0 Å². The summed E-state index contributed by atoms with van der Waals surface area (Å²) < 4.78 is 0. The Bertz CT molecular complexity index is 1260. The standard InChI is InChI=1S/C34H37NO3/c1-2-3-6-27-9-11-28(12-10-27)13-14-29-15-17-30(18-16-29)25-35(32-22-20-31(21-23-32)34(37)38)33(36)24-19-26-7-4-5-8-26/h9-12,15-18,20-23,26H,2-8,19,24-25H2,1H3,(H,37,38). The van der Waals surface area contributed by atoms with Crippen LogP contribution < -0.4 is 4.90 Å². The molecule has 0 aromatic heterocycles. The summed E-state index contributed by atoms with van der Waals surface area (Å²) >= 11 is 0. The second-order valence-corrected chi connectivity index (χ2v) is 10.3. The lowest BCUT2D eigenvalue weighted by Gasteiger charge is -2.24. The first-order chi connectivity index (χ1) is 18.5. The molecule has 0 heterocycles. The van der Waals surface area contributed by atoms with Crippen LogP contribution in [0.25, 0.3) is 0 Å². The molecule has 0 saturated heterocycles. The molecule has 0 radical (unpaired) electrons. The van der Waals surface area contributed by atoms with Crippen molar-refractivity contribution in [3.8, 4) is 11.8 Å². The Hall–Kier alpha value is -3.84. The largest absolute Gasteiger partial charge is 0.478 e. The van der Waals surface area contributed by atoms with Crippen LogP contribution in [0.5, 0.6) is 0 Å². The highest BCUT2D eigenvalue weighted by atomic mass is 16.4. The minimum atomic E-state index is -0.972. The van der Waals surface area contributed by atoms with E-state index in [-0.39, 0.29) is 11.5 Å². The number of carbonyl (C=O) groups excluding carboxylic acids is 1. The Morgan fingerprint density at radius 2 is 1.42 bits per heavy atom. The highest BCUT2D eigenvalue weighted by Gasteiger charge is 2.21. The number of rotatable bonds is 10. The van der Waals surface area contributed by atoms with Crippen molar-refractivity contribution in [2.24, 2.45) is 5.92 Å². The number of amides is 1. The zero-order chi connectivity index (χ0) is 26.7. The van der Waals surface area contributed by atoms with Gasteiger partial charge in [0.05, 0.1) is 12.1 Å². The highest BCUT2D eigenvalue weighted by Crippen LogP contribution is 2.29. The Balaban J connectivity index is 1.44. The minimum absolute atomic E-state index is 0.0752. The van der Waals surface area contributed by atoms with Crippen LogP contribution in [0.15, 0.2) is 72.8 Å². The predicted molar refractivity (Wildman–Crippen MR) is 153 cm³/mol. The number of carbonyl (C=O) groups is 2. The maximum atomic E-state index is 13.3. The second kappa shape index (κ2) is 13.6. The summed E-state index contributed by atoms with van der Waals surface area (Å²) in [7, 11) is 0. The molecule has 3 aromatic carbocycles. The summed E-state index contributed by atoms with van der Waals surface area (Å²) in [6, 6.07) is 23.1. The van der Waals surface area contributed by atoms with Crippen LogP contribution in [0.3, 0.4) is 0 Å². The summed E-state index contributed by atoms with van der Waals surface area (Å²) in [4.78, 5) is 26.4. The van der Waals surface area contributed by atoms with Crippen LogP contribution in [0.4, 0.5) is 5.69 Å². The van der Waals surface area contributed by atoms with E-state index in [2.05, 4.69) is 43.0 Å². The molecule has 0 bridgehead atoms. The third-order valence-corrected chi connectivity index (χ3v) is 7.39. The smallest absolute Gasteiger partial charge is 0.335 e. The van der Waals surface area contributed by atoms with Gasteiger partial charge in [0.15, 0.2) is 0 Å². The number of anilines is 1. The molecule has 1 saturated carbocycles. The van der Waals surface area contributed by atoms with E-state index in [1.807, 2.05) is 24.3 Å². The average Bonchev–Trinajstić information content (AvgIpc) is 3.47. The molecule has 0 aliphatic heterocycles. The van der Waals surface area contributed by atoms with Crippen LogP contribution in [0.2, 0.25) is 0 Å². The van der Waals surface area contributed by atoms with Gasteiger partial charge in [-0.1, -0.05) is 75.1 Å². The van der Waals surface area contributed by atoms with Crippen molar-refractivity contribution >= 4 is 17.6 Å². The first kappa shape index (κ1) is 27.2. The fourth-order valence-corrected chi connectivity index (χ4v) is 5.03. The third-order valence-electron chi connectivity index (χ3n) is 7.39. The molecule has 1 fully saturated rings. The van der Waals surface area contributed by atoms with Crippen LogP contribution in [-0.4, -0.2) is 17.0 Å². The van der Waals surface area contributed by atoms with Crippen LogP contribution >= 0.6 is 0 Å². The molecule has 0 spiro atoms. The maximum absolute atomic E-state index is 13.3. The zero-order valence-corrected chi connectivity index (χ0v) is 22.3. The minimum Gasteiger partial charge on any atom is -0.478 e. The number of carboxylic acids is 1. The lowest BCUT2D eigenvalue weighted by atomic mass is 10.0. The summed E-state index contributed by atoms with van der Waals surface area (Å²) in [6.45, 7) is 2.64. The summed E-state index contributed by atoms with van der Waals surface area (Å²) in [6.07, 6.45) is 9.88. The van der Waals surface area contributed by atoms with Crippen molar-refractivity contribution in [3.05, 3.63) is 101 Å². The van der Waals surface area contributed by atoms with E-state index in [1.54, 1.807) is 29.2 Å². The number of hydrogen-bond donors (Lipinski definition) is 1. The summed E-state index contributed by atoms with van der Waals surface area (Å²) in [5.74, 6) is 6.23. The van der Waals surface area contributed by atoms with Crippen LogP contribution in [0, 0.1) is 17.8 Å². The van der Waals surface area contributed by atoms with Gasteiger partial charge in [0.2, 0.25) is 5.91 Å². The molecule has 38 heavy (non-hydrogen) atoms. The van der Waals surface area contributed by atoms with Crippen molar-refractivity contribution in [1.82, 2.24) is 0 Å². The van der Waals surface area contributed by atoms with Gasteiger partial charge in [-0.25, -0.2) is 4.79 Å². The van der Waals surface area contributed by atoms with E-state index < -0.39 is 5.97 Å². The molecular formula is C34H37NO3. The van der Waals surface area contributed by atoms with Gasteiger partial charge in [0, 0.05) is 23.2 Å². The van der Waals surface area contributed by atoms with E-state index in [0.717, 1.165) is 35.2 Å². The fourth-order valence-electron chi connectivity index (χ4n) is 5.03. The van der Waals surface area contributed by atoms with Gasteiger partial charge >= 0.3 is 5.97 Å². The predicted octanol–water partition coefficient (Wildman–Crippen LogP) is 7.63. The van der Waals surface area contributed by atoms with Crippen molar-refractivity contribution in [3.63, 3.8) is 0 Å². The molecule has 4 nitrogen and oxygen atoms in total. The van der Waals surface area contributed by atoms with Crippen molar-refractivity contribution in [2.45, 2.75) is 71.3 Å². The molecule has 0 atom stereocenters. The number of benzene rings is 3. The van der Waals surface area contributed by atoms with Gasteiger partial charge in [-0.2, -0.15) is 0 Å². The quantitative estimate of drug-likeness (QED) is 0.287. The van der Waals surface area contributed by atoms with E-state index in [9.17, 15) is 14.7 Å². The number of aryl methyl sites for hydroxylation is 1. The molecule has 4 rings (SSSR count). The van der Waals surface area contributed by atoms with E-state index >= 15 is 0 Å². The number of nitrogens with zero attached hydrogens (tertiary/aromatic N) is 1. The number of carboxylic acid groups (broad SMARTS) is 1. The van der Waals surface area contributed by atoms with Crippen molar-refractivity contribution < 1.29 is 14.7 Å². The number of hydrogen-bond acceptors (Lipinski definition) is 2. The SMILES string of the molecule is CCCCc1ccc(C#Cc2ccc(CN(C(=O)CCC3CCCC3)c3ccc(C(=O)O)cc3)cc2)cc1. The van der Waals surface area contributed by atoms with Crippen molar-refractivity contribution in [2.75, 3.05) is 4.90 Å². The Labute approximate surface area is 226 Å². The van der Waals surface area contributed by atoms with Gasteiger partial charge in [0.1, 0.15) is 0 Å². The van der Waals surface area contributed by atoms with Gasteiger partial charge in [-0.15, -0.1) is 0 Å². The van der Waals surface area contributed by atoms with Gasteiger partial charge in [-0.3, -0.25) is 4.79 Å². The molecule has 1 aliphatic rings. The number of aromatic carboxylic acids is 1. The molecule has 196 valence electrons. The lowest BCUT2D eigenvalue weighted by molar-refractivity contribution is -0.119. The molecule has 1 amide bonds. The van der Waals surface area contributed by atoms with Gasteiger partial charge < -0.3 is 10.0 Å². The third kappa shape index (κ3) is 7.83. The Morgan fingerprint density at radius 1 is 0.842 bits per heavy atom.